The van der Waals surface area contributed by atoms with Gasteiger partial charge >= 0.3 is 0 Å². The molecule has 34 heavy (non-hydrogen) atoms. The average Bonchev–Trinajstić information content (AvgIpc) is 3.13. The van der Waals surface area contributed by atoms with E-state index in [1.807, 2.05) is 30.3 Å². The molecule has 172 valence electrons. The van der Waals surface area contributed by atoms with Crippen molar-refractivity contribution in [3.05, 3.63) is 105 Å². The molecule has 1 aliphatic rings. The number of nitro benzene ring substituents is 1. The first-order valence-electron chi connectivity index (χ1n) is 10.5. The third-order valence-electron chi connectivity index (χ3n) is 5.78. The van der Waals surface area contributed by atoms with Gasteiger partial charge in [-0.3, -0.25) is 24.5 Å². The molecule has 8 nitrogen and oxygen atoms in total. The summed E-state index contributed by atoms with van der Waals surface area (Å²) in [7, 11) is 0. The van der Waals surface area contributed by atoms with Crippen LogP contribution in [0.15, 0.2) is 83.3 Å². The molecule has 3 aromatic carbocycles. The van der Waals surface area contributed by atoms with E-state index in [-0.39, 0.29) is 17.7 Å². The number of nitro groups is 1. The van der Waals surface area contributed by atoms with Crippen LogP contribution in [0.5, 0.6) is 0 Å². The molecular weight excluding hydrogens is 502 g/mol. The molecule has 0 N–H and O–H groups in total. The van der Waals surface area contributed by atoms with Gasteiger partial charge in [-0.1, -0.05) is 52.3 Å². The average molecular weight is 522 g/mol. The van der Waals surface area contributed by atoms with Crippen LogP contribution >= 0.6 is 15.9 Å². The van der Waals surface area contributed by atoms with E-state index in [1.165, 1.54) is 29.2 Å². The molecule has 1 aliphatic heterocycles. The molecule has 3 aromatic rings. The second-order valence-electron chi connectivity index (χ2n) is 7.87. The summed E-state index contributed by atoms with van der Waals surface area (Å²) in [6, 6.07) is 19.6. The maximum atomic E-state index is 13.7. The number of hydrogen-bond donors (Lipinski definition) is 0. The van der Waals surface area contributed by atoms with Crippen LogP contribution in [-0.4, -0.2) is 33.6 Å². The van der Waals surface area contributed by atoms with Gasteiger partial charge in [-0.05, 0) is 42.8 Å². The van der Waals surface area contributed by atoms with Crippen molar-refractivity contribution in [1.82, 2.24) is 4.90 Å². The van der Waals surface area contributed by atoms with Crippen LogP contribution in [-0.2, 0) is 9.59 Å². The molecule has 0 saturated carbocycles. The van der Waals surface area contributed by atoms with Crippen LogP contribution < -0.4 is 4.90 Å². The van der Waals surface area contributed by atoms with Crippen LogP contribution in [0.3, 0.4) is 0 Å². The summed E-state index contributed by atoms with van der Waals surface area (Å²) in [4.78, 5) is 53.2. The van der Waals surface area contributed by atoms with Crippen molar-refractivity contribution in [1.29, 1.82) is 0 Å². The fourth-order valence-electron chi connectivity index (χ4n) is 4.08. The molecule has 2 atom stereocenters. The Balaban J connectivity index is 1.75. The van der Waals surface area contributed by atoms with Gasteiger partial charge in [0.15, 0.2) is 0 Å². The van der Waals surface area contributed by atoms with Gasteiger partial charge in [-0.25, -0.2) is 4.90 Å². The van der Waals surface area contributed by atoms with E-state index in [0.29, 0.717) is 5.69 Å². The summed E-state index contributed by atoms with van der Waals surface area (Å²) >= 11 is 3.34. The SMILES string of the molecule is CC(c1ccccc1)N(C(=O)c1cccc([N+](=O)[O-])c1)C1CC(=O)N(c2ccc(Br)cc2)C1=O. The van der Waals surface area contributed by atoms with Gasteiger partial charge in [0, 0.05) is 22.2 Å². The topological polar surface area (TPSA) is 101 Å². The molecule has 1 heterocycles. The number of imide groups is 1. The second kappa shape index (κ2) is 9.56. The Kier molecular flexibility index (Phi) is 6.56. The largest absolute Gasteiger partial charge is 0.319 e. The third kappa shape index (κ3) is 4.47. The summed E-state index contributed by atoms with van der Waals surface area (Å²) in [6.45, 7) is 1.77. The van der Waals surface area contributed by atoms with Crippen molar-refractivity contribution in [2.45, 2.75) is 25.4 Å². The summed E-state index contributed by atoms with van der Waals surface area (Å²) in [5, 5.41) is 11.2. The highest BCUT2D eigenvalue weighted by molar-refractivity contribution is 9.10. The lowest BCUT2D eigenvalue weighted by molar-refractivity contribution is -0.384. The van der Waals surface area contributed by atoms with Crippen LogP contribution in [0.25, 0.3) is 0 Å². The highest BCUT2D eigenvalue weighted by Crippen LogP contribution is 2.33. The van der Waals surface area contributed by atoms with Crippen molar-refractivity contribution in [3.63, 3.8) is 0 Å². The third-order valence-corrected chi connectivity index (χ3v) is 6.31. The summed E-state index contributed by atoms with van der Waals surface area (Å²) < 4.78 is 0.798. The number of benzene rings is 3. The van der Waals surface area contributed by atoms with Crippen molar-refractivity contribution in [3.8, 4) is 0 Å². The molecule has 3 amide bonds. The second-order valence-corrected chi connectivity index (χ2v) is 8.79. The van der Waals surface area contributed by atoms with E-state index in [1.54, 1.807) is 31.2 Å². The predicted octanol–water partition coefficient (Wildman–Crippen LogP) is 4.89. The first-order chi connectivity index (χ1) is 16.3. The van der Waals surface area contributed by atoms with Gasteiger partial charge in [0.25, 0.3) is 17.5 Å². The zero-order valence-corrected chi connectivity index (χ0v) is 19.7. The quantitative estimate of drug-likeness (QED) is 0.261. The monoisotopic (exact) mass is 521 g/mol. The number of carbonyl (C=O) groups excluding carboxylic acids is 3. The molecule has 0 bridgehead atoms. The van der Waals surface area contributed by atoms with E-state index in [2.05, 4.69) is 15.9 Å². The van der Waals surface area contributed by atoms with E-state index in [9.17, 15) is 24.5 Å². The van der Waals surface area contributed by atoms with Crippen LogP contribution in [0.1, 0.15) is 35.3 Å². The van der Waals surface area contributed by atoms with Gasteiger partial charge in [0.2, 0.25) is 5.91 Å². The molecule has 9 heteroatoms. The lowest BCUT2D eigenvalue weighted by Crippen LogP contribution is -2.46. The fourth-order valence-corrected chi connectivity index (χ4v) is 4.34. The Labute approximate surface area is 204 Å². The molecule has 1 fully saturated rings. The van der Waals surface area contributed by atoms with Crippen LogP contribution in [0, 0.1) is 10.1 Å². The number of halogens is 1. The number of non-ortho nitro benzene ring substituents is 1. The van der Waals surface area contributed by atoms with Crippen molar-refractivity contribution in [2.75, 3.05) is 4.90 Å². The van der Waals surface area contributed by atoms with E-state index < -0.39 is 34.7 Å². The molecule has 0 spiro atoms. The zero-order valence-electron chi connectivity index (χ0n) is 18.1. The maximum Gasteiger partial charge on any atom is 0.270 e. The fraction of sp³-hybridized carbons (Fsp3) is 0.160. The number of hydrogen-bond acceptors (Lipinski definition) is 5. The number of rotatable bonds is 6. The van der Waals surface area contributed by atoms with Gasteiger partial charge in [-0.2, -0.15) is 0 Å². The minimum atomic E-state index is -1.06. The Morgan fingerprint density at radius 3 is 2.38 bits per heavy atom. The first-order valence-corrected chi connectivity index (χ1v) is 11.3. The molecule has 4 rings (SSSR count). The minimum Gasteiger partial charge on any atom is -0.319 e. The Morgan fingerprint density at radius 2 is 1.74 bits per heavy atom. The summed E-state index contributed by atoms with van der Waals surface area (Å²) in [6.07, 6.45) is -0.188. The Bertz CT molecular complexity index is 1260. The van der Waals surface area contributed by atoms with E-state index >= 15 is 0 Å². The Morgan fingerprint density at radius 1 is 1.06 bits per heavy atom. The summed E-state index contributed by atoms with van der Waals surface area (Å²) in [5.41, 5.74) is 1.02. The van der Waals surface area contributed by atoms with Gasteiger partial charge in [0.1, 0.15) is 6.04 Å². The lowest BCUT2D eigenvalue weighted by atomic mass is 10.0. The molecule has 0 radical (unpaired) electrons. The van der Waals surface area contributed by atoms with E-state index in [4.69, 9.17) is 0 Å². The smallest absolute Gasteiger partial charge is 0.270 e. The van der Waals surface area contributed by atoms with Crippen molar-refractivity contribution in [2.24, 2.45) is 0 Å². The molecule has 1 saturated heterocycles. The molecule has 0 aromatic heterocycles. The zero-order chi connectivity index (χ0) is 24.4. The highest BCUT2D eigenvalue weighted by atomic mass is 79.9. The van der Waals surface area contributed by atoms with Gasteiger partial charge < -0.3 is 4.90 Å². The standard InChI is InChI=1S/C25H20BrN3O5/c1-16(17-6-3-2-4-7-17)27(24(31)18-8-5-9-21(14-18)29(33)34)22-15-23(30)28(25(22)32)20-12-10-19(26)11-13-20/h2-14,16,22H,15H2,1H3. The Hall–Kier alpha value is -3.85. The van der Waals surface area contributed by atoms with Gasteiger partial charge in [0.05, 0.1) is 23.1 Å². The highest BCUT2D eigenvalue weighted by Gasteiger charge is 2.46. The van der Waals surface area contributed by atoms with Crippen LogP contribution in [0.4, 0.5) is 11.4 Å². The number of carbonyl (C=O) groups is 3. The van der Waals surface area contributed by atoms with Crippen molar-refractivity contribution < 1.29 is 19.3 Å². The molecule has 2 unspecified atom stereocenters. The summed E-state index contributed by atoms with van der Waals surface area (Å²) in [5.74, 6) is -1.51. The van der Waals surface area contributed by atoms with Gasteiger partial charge in [-0.15, -0.1) is 0 Å². The lowest BCUT2D eigenvalue weighted by Gasteiger charge is -2.33. The number of nitrogens with zero attached hydrogens (tertiary/aromatic N) is 3. The normalized spacial score (nSPS) is 16.4. The predicted molar refractivity (Wildman–Crippen MR) is 129 cm³/mol. The van der Waals surface area contributed by atoms with Crippen molar-refractivity contribution >= 4 is 45.0 Å². The van der Waals surface area contributed by atoms with E-state index in [0.717, 1.165) is 14.9 Å². The molecule has 0 aliphatic carbocycles. The first kappa shape index (κ1) is 23.3. The number of anilines is 1. The molecular formula is C25H20BrN3O5. The van der Waals surface area contributed by atoms with Crippen LogP contribution in [0.2, 0.25) is 0 Å². The number of amides is 3. The maximum absolute atomic E-state index is 13.7. The minimum absolute atomic E-state index is 0.0688.